The van der Waals surface area contributed by atoms with Crippen molar-refractivity contribution < 1.29 is 4.79 Å². The van der Waals surface area contributed by atoms with Crippen molar-refractivity contribution in [2.24, 2.45) is 0 Å². The first-order chi connectivity index (χ1) is 9.31. The maximum absolute atomic E-state index is 12.5. The van der Waals surface area contributed by atoms with Gasteiger partial charge in [0.2, 0.25) is 0 Å². The maximum Gasteiger partial charge on any atom is 0.272 e. The van der Waals surface area contributed by atoms with Crippen LogP contribution in [-0.4, -0.2) is 57.4 Å². The molecule has 1 N–H and O–H groups in total. The number of likely N-dealkylation sites (N-methyl/N-ethyl adjacent to an activating group) is 1. The molecule has 5 nitrogen and oxygen atoms in total. The Morgan fingerprint density at radius 3 is 2.89 bits per heavy atom. The van der Waals surface area contributed by atoms with Crippen LogP contribution in [0.5, 0.6) is 0 Å². The van der Waals surface area contributed by atoms with E-state index in [1.165, 1.54) is 19.4 Å². The molecule has 2 saturated heterocycles. The van der Waals surface area contributed by atoms with Crippen molar-refractivity contribution in [3.05, 3.63) is 18.2 Å². The lowest BCUT2D eigenvalue weighted by Crippen LogP contribution is -2.48. The number of aromatic amines is 1. The van der Waals surface area contributed by atoms with Crippen LogP contribution in [0.4, 0.5) is 0 Å². The smallest absolute Gasteiger partial charge is 0.272 e. The van der Waals surface area contributed by atoms with Crippen LogP contribution in [0.15, 0.2) is 12.5 Å². The first kappa shape index (κ1) is 12.7. The Kier molecular flexibility index (Phi) is 3.55. The van der Waals surface area contributed by atoms with E-state index < -0.39 is 0 Å². The van der Waals surface area contributed by atoms with E-state index in [4.69, 9.17) is 0 Å². The maximum atomic E-state index is 12.5. The third-order valence-electron chi connectivity index (χ3n) is 4.55. The number of carbonyl (C=O) groups excluding carboxylic acids is 1. The summed E-state index contributed by atoms with van der Waals surface area (Å²) in [6, 6.07) is 0.942. The fourth-order valence-electron chi connectivity index (χ4n) is 3.65. The Morgan fingerprint density at radius 1 is 1.37 bits per heavy atom. The van der Waals surface area contributed by atoms with Crippen LogP contribution in [-0.2, 0) is 0 Å². The summed E-state index contributed by atoms with van der Waals surface area (Å²) < 4.78 is 0. The van der Waals surface area contributed by atoms with Gasteiger partial charge in [-0.1, -0.05) is 6.92 Å². The second-order valence-electron chi connectivity index (χ2n) is 5.51. The van der Waals surface area contributed by atoms with E-state index in [1.54, 1.807) is 12.5 Å². The molecule has 3 heterocycles. The normalized spacial score (nSPS) is 28.2. The van der Waals surface area contributed by atoms with Gasteiger partial charge in [0.05, 0.1) is 12.5 Å². The van der Waals surface area contributed by atoms with Gasteiger partial charge in [0.15, 0.2) is 0 Å². The molecular weight excluding hydrogens is 240 g/mol. The number of hydrogen-bond acceptors (Lipinski definition) is 3. The number of rotatable bonds is 3. The lowest BCUT2D eigenvalue weighted by atomic mass is 10.0. The molecule has 0 aliphatic carbocycles. The number of amides is 1. The third kappa shape index (κ3) is 2.27. The highest BCUT2D eigenvalue weighted by Gasteiger charge is 2.39. The molecule has 0 spiro atoms. The summed E-state index contributed by atoms with van der Waals surface area (Å²) in [6.45, 7) is 5.38. The topological polar surface area (TPSA) is 52.2 Å². The molecule has 2 atom stereocenters. The van der Waals surface area contributed by atoms with Crippen LogP contribution in [0.25, 0.3) is 0 Å². The Balaban J connectivity index is 1.76. The van der Waals surface area contributed by atoms with Crippen molar-refractivity contribution in [3.63, 3.8) is 0 Å². The van der Waals surface area contributed by atoms with E-state index in [9.17, 15) is 4.79 Å². The molecule has 0 aromatic carbocycles. The predicted octanol–water partition coefficient (Wildman–Crippen LogP) is 1.50. The Hall–Kier alpha value is -1.36. The van der Waals surface area contributed by atoms with Gasteiger partial charge in [-0.05, 0) is 38.8 Å². The molecule has 19 heavy (non-hydrogen) atoms. The van der Waals surface area contributed by atoms with Crippen LogP contribution < -0.4 is 0 Å². The molecule has 1 amide bonds. The number of aromatic nitrogens is 2. The van der Waals surface area contributed by atoms with Crippen molar-refractivity contribution in [2.45, 2.75) is 44.7 Å². The molecule has 2 aliphatic heterocycles. The van der Waals surface area contributed by atoms with Crippen LogP contribution in [0.3, 0.4) is 0 Å². The lowest BCUT2D eigenvalue weighted by Gasteiger charge is -2.34. The fourth-order valence-corrected chi connectivity index (χ4v) is 3.65. The summed E-state index contributed by atoms with van der Waals surface area (Å²) in [5.41, 5.74) is 0.618. The highest BCUT2D eigenvalue weighted by atomic mass is 16.2. The molecule has 104 valence electrons. The number of nitrogens with zero attached hydrogens (tertiary/aromatic N) is 3. The number of H-pyrrole nitrogens is 1. The third-order valence-corrected chi connectivity index (χ3v) is 4.55. The van der Waals surface area contributed by atoms with Gasteiger partial charge in [-0.3, -0.25) is 9.69 Å². The number of hydrogen-bond donors (Lipinski definition) is 1. The lowest BCUT2D eigenvalue weighted by molar-refractivity contribution is 0.0644. The SMILES string of the molecule is CCN1CCC[C@H]1[C@H]1CCCN1C(=O)c1cnc[nH]1. The predicted molar refractivity (Wildman–Crippen MR) is 72.9 cm³/mol. The van der Waals surface area contributed by atoms with Crippen LogP contribution in [0.1, 0.15) is 43.1 Å². The standard InChI is InChI=1S/C14H22N4O/c1-2-17-7-3-5-12(17)13-6-4-8-18(13)14(19)11-9-15-10-16-11/h9-10,12-13H,2-8H2,1H3,(H,15,16)/t12-,13+/m0/s1. The Labute approximate surface area is 114 Å². The van der Waals surface area contributed by atoms with E-state index in [1.807, 2.05) is 0 Å². The monoisotopic (exact) mass is 262 g/mol. The zero-order valence-electron chi connectivity index (χ0n) is 11.5. The summed E-state index contributed by atoms with van der Waals surface area (Å²) in [7, 11) is 0. The number of nitrogens with one attached hydrogen (secondary N) is 1. The summed E-state index contributed by atoms with van der Waals surface area (Å²) >= 11 is 0. The molecule has 1 aromatic rings. The molecule has 0 radical (unpaired) electrons. The highest BCUT2D eigenvalue weighted by Crippen LogP contribution is 2.30. The minimum absolute atomic E-state index is 0.114. The van der Waals surface area contributed by atoms with Gasteiger partial charge in [-0.25, -0.2) is 4.98 Å². The second-order valence-corrected chi connectivity index (χ2v) is 5.51. The van der Waals surface area contributed by atoms with Gasteiger partial charge in [-0.2, -0.15) is 0 Å². The largest absolute Gasteiger partial charge is 0.341 e. The number of likely N-dealkylation sites (tertiary alicyclic amines) is 2. The van der Waals surface area contributed by atoms with Gasteiger partial charge in [0, 0.05) is 18.6 Å². The molecule has 1 aromatic heterocycles. The first-order valence-electron chi connectivity index (χ1n) is 7.34. The van der Waals surface area contributed by atoms with E-state index in [2.05, 4.69) is 26.7 Å². The average Bonchev–Trinajstić information content (AvgIpc) is 3.16. The van der Waals surface area contributed by atoms with Crippen molar-refractivity contribution in [1.29, 1.82) is 0 Å². The van der Waals surface area contributed by atoms with Crippen LogP contribution >= 0.6 is 0 Å². The number of carbonyl (C=O) groups is 1. The van der Waals surface area contributed by atoms with Crippen molar-refractivity contribution in [2.75, 3.05) is 19.6 Å². The number of imidazole rings is 1. The molecule has 2 fully saturated rings. The molecule has 2 aliphatic rings. The van der Waals surface area contributed by atoms with Gasteiger partial charge in [0.1, 0.15) is 5.69 Å². The summed E-state index contributed by atoms with van der Waals surface area (Å²) in [5, 5.41) is 0. The molecule has 0 saturated carbocycles. The molecular formula is C14H22N4O. The van der Waals surface area contributed by atoms with Gasteiger partial charge in [-0.15, -0.1) is 0 Å². The van der Waals surface area contributed by atoms with Gasteiger partial charge in [0.25, 0.3) is 5.91 Å². The van der Waals surface area contributed by atoms with E-state index in [0.717, 1.165) is 25.9 Å². The second kappa shape index (κ2) is 5.33. The quantitative estimate of drug-likeness (QED) is 0.898. The van der Waals surface area contributed by atoms with Crippen molar-refractivity contribution in [3.8, 4) is 0 Å². The highest BCUT2D eigenvalue weighted by molar-refractivity contribution is 5.92. The summed E-state index contributed by atoms with van der Waals surface area (Å²) in [4.78, 5) is 24.0. The van der Waals surface area contributed by atoms with E-state index in [-0.39, 0.29) is 5.91 Å². The summed E-state index contributed by atoms with van der Waals surface area (Å²) in [6.07, 6.45) is 7.96. The molecule has 3 rings (SSSR count). The van der Waals surface area contributed by atoms with Gasteiger partial charge >= 0.3 is 0 Å². The van der Waals surface area contributed by atoms with Crippen molar-refractivity contribution >= 4 is 5.91 Å². The van der Waals surface area contributed by atoms with Crippen LogP contribution in [0.2, 0.25) is 0 Å². The Morgan fingerprint density at radius 2 is 2.16 bits per heavy atom. The zero-order valence-corrected chi connectivity index (χ0v) is 11.5. The summed E-state index contributed by atoms with van der Waals surface area (Å²) in [5.74, 6) is 0.114. The molecule has 5 heteroatoms. The molecule has 0 unspecified atom stereocenters. The van der Waals surface area contributed by atoms with E-state index >= 15 is 0 Å². The first-order valence-corrected chi connectivity index (χ1v) is 7.34. The Bertz CT molecular complexity index is 431. The fraction of sp³-hybridized carbons (Fsp3) is 0.714. The van der Waals surface area contributed by atoms with E-state index in [0.29, 0.717) is 17.8 Å². The van der Waals surface area contributed by atoms with Crippen LogP contribution in [0, 0.1) is 0 Å². The van der Waals surface area contributed by atoms with Crippen molar-refractivity contribution in [1.82, 2.24) is 19.8 Å². The average molecular weight is 262 g/mol. The van der Waals surface area contributed by atoms with Gasteiger partial charge < -0.3 is 9.88 Å². The minimum atomic E-state index is 0.114. The molecule has 0 bridgehead atoms. The zero-order chi connectivity index (χ0) is 13.2. The minimum Gasteiger partial charge on any atom is -0.341 e.